The monoisotopic (exact) mass is 239 g/mol. The standard InChI is InChI=1S/C12H8ClF2N/c13-7-9-4-5-16-12(11(9)15)8-2-1-3-10(14)6-8/h1-6H,7H2. The molecule has 1 aromatic carbocycles. The van der Waals surface area contributed by atoms with E-state index in [1.165, 1.54) is 30.5 Å². The molecule has 4 heteroatoms. The van der Waals surface area contributed by atoms with Crippen LogP contribution in [0.1, 0.15) is 5.56 Å². The van der Waals surface area contributed by atoms with Crippen LogP contribution in [0.3, 0.4) is 0 Å². The van der Waals surface area contributed by atoms with Crippen molar-refractivity contribution in [1.29, 1.82) is 0 Å². The van der Waals surface area contributed by atoms with E-state index < -0.39 is 11.6 Å². The molecule has 0 bridgehead atoms. The summed E-state index contributed by atoms with van der Waals surface area (Å²) in [4.78, 5) is 3.90. The minimum atomic E-state index is -0.497. The molecule has 2 rings (SSSR count). The maximum atomic E-state index is 13.8. The molecular formula is C12H8ClF2N. The van der Waals surface area contributed by atoms with Crippen molar-refractivity contribution >= 4 is 11.6 Å². The summed E-state index contributed by atoms with van der Waals surface area (Å²) in [6.07, 6.45) is 1.46. The van der Waals surface area contributed by atoms with Gasteiger partial charge in [-0.3, -0.25) is 4.98 Å². The third-order valence-corrected chi connectivity index (χ3v) is 2.50. The van der Waals surface area contributed by atoms with Crippen LogP contribution in [0.25, 0.3) is 11.3 Å². The topological polar surface area (TPSA) is 12.9 Å². The maximum Gasteiger partial charge on any atom is 0.153 e. The van der Waals surface area contributed by atoms with Crippen molar-refractivity contribution in [3.63, 3.8) is 0 Å². The molecule has 0 saturated heterocycles. The molecule has 0 radical (unpaired) electrons. The first-order valence-electron chi connectivity index (χ1n) is 4.67. The van der Waals surface area contributed by atoms with Gasteiger partial charge in [0.25, 0.3) is 0 Å². The minimum absolute atomic E-state index is 0.0661. The van der Waals surface area contributed by atoms with Crippen LogP contribution in [0.5, 0.6) is 0 Å². The highest BCUT2D eigenvalue weighted by Gasteiger charge is 2.10. The van der Waals surface area contributed by atoms with Gasteiger partial charge in [-0.1, -0.05) is 12.1 Å². The average Bonchev–Trinajstić information content (AvgIpc) is 2.29. The third kappa shape index (κ3) is 2.04. The largest absolute Gasteiger partial charge is 0.253 e. The number of rotatable bonds is 2. The number of hydrogen-bond donors (Lipinski definition) is 0. The Morgan fingerprint density at radius 2 is 2.00 bits per heavy atom. The smallest absolute Gasteiger partial charge is 0.153 e. The van der Waals surface area contributed by atoms with Crippen molar-refractivity contribution in [2.45, 2.75) is 5.88 Å². The molecule has 1 heterocycles. The lowest BCUT2D eigenvalue weighted by molar-refractivity contribution is 0.613. The van der Waals surface area contributed by atoms with Crippen LogP contribution in [0.2, 0.25) is 0 Å². The zero-order valence-electron chi connectivity index (χ0n) is 8.25. The second-order valence-corrected chi connectivity index (χ2v) is 3.54. The van der Waals surface area contributed by atoms with Gasteiger partial charge in [-0.2, -0.15) is 0 Å². The maximum absolute atomic E-state index is 13.8. The molecule has 0 atom stereocenters. The summed E-state index contributed by atoms with van der Waals surface area (Å²) in [6.45, 7) is 0. The van der Waals surface area contributed by atoms with Crippen LogP contribution in [0.4, 0.5) is 8.78 Å². The van der Waals surface area contributed by atoms with Crippen LogP contribution in [-0.2, 0) is 5.88 Å². The van der Waals surface area contributed by atoms with Gasteiger partial charge in [0.15, 0.2) is 5.82 Å². The number of halogens is 3. The van der Waals surface area contributed by atoms with Gasteiger partial charge in [0.2, 0.25) is 0 Å². The Kier molecular flexibility index (Phi) is 3.15. The van der Waals surface area contributed by atoms with E-state index in [4.69, 9.17) is 11.6 Å². The Morgan fingerprint density at radius 1 is 1.19 bits per heavy atom. The van der Waals surface area contributed by atoms with Crippen molar-refractivity contribution in [2.24, 2.45) is 0 Å². The van der Waals surface area contributed by atoms with Gasteiger partial charge in [0.05, 0.1) is 5.88 Å². The first-order valence-corrected chi connectivity index (χ1v) is 5.21. The summed E-state index contributed by atoms with van der Waals surface area (Å²) >= 11 is 5.58. The van der Waals surface area contributed by atoms with Gasteiger partial charge < -0.3 is 0 Å². The van der Waals surface area contributed by atoms with Gasteiger partial charge in [0.1, 0.15) is 11.5 Å². The van der Waals surface area contributed by atoms with Gasteiger partial charge in [-0.05, 0) is 18.2 Å². The Bertz CT molecular complexity index is 514. The van der Waals surface area contributed by atoms with E-state index in [1.54, 1.807) is 6.07 Å². The van der Waals surface area contributed by atoms with Crippen LogP contribution in [0.15, 0.2) is 36.5 Å². The van der Waals surface area contributed by atoms with Crippen LogP contribution < -0.4 is 0 Å². The Hall–Kier alpha value is -1.48. The molecule has 16 heavy (non-hydrogen) atoms. The fraction of sp³-hybridized carbons (Fsp3) is 0.0833. The number of pyridine rings is 1. The van der Waals surface area contributed by atoms with Crippen molar-refractivity contribution < 1.29 is 8.78 Å². The predicted molar refractivity (Wildman–Crippen MR) is 59.1 cm³/mol. The highest BCUT2D eigenvalue weighted by Crippen LogP contribution is 2.23. The Labute approximate surface area is 96.7 Å². The van der Waals surface area contributed by atoms with E-state index in [0.29, 0.717) is 11.1 Å². The van der Waals surface area contributed by atoms with Gasteiger partial charge >= 0.3 is 0 Å². The van der Waals surface area contributed by atoms with Crippen LogP contribution in [-0.4, -0.2) is 4.98 Å². The van der Waals surface area contributed by atoms with Crippen LogP contribution in [0, 0.1) is 11.6 Å². The normalized spacial score (nSPS) is 10.4. The van der Waals surface area contributed by atoms with Gasteiger partial charge in [-0.25, -0.2) is 8.78 Å². The molecule has 0 aliphatic rings. The molecule has 0 aliphatic heterocycles. The number of hydrogen-bond acceptors (Lipinski definition) is 1. The molecule has 0 fully saturated rings. The molecule has 0 saturated carbocycles. The quantitative estimate of drug-likeness (QED) is 0.727. The fourth-order valence-corrected chi connectivity index (χ4v) is 1.63. The van der Waals surface area contributed by atoms with E-state index in [2.05, 4.69) is 4.98 Å². The Morgan fingerprint density at radius 3 is 2.69 bits per heavy atom. The molecule has 0 N–H and O–H groups in total. The second-order valence-electron chi connectivity index (χ2n) is 3.28. The van der Waals surface area contributed by atoms with Crippen LogP contribution >= 0.6 is 11.6 Å². The number of nitrogens with zero attached hydrogens (tertiary/aromatic N) is 1. The van der Waals surface area contributed by atoms with Crippen molar-refractivity contribution in [3.8, 4) is 11.3 Å². The summed E-state index contributed by atoms with van der Waals surface area (Å²) in [5.74, 6) is -0.852. The molecule has 82 valence electrons. The number of alkyl halides is 1. The predicted octanol–water partition coefficient (Wildman–Crippen LogP) is 3.77. The fourth-order valence-electron chi connectivity index (χ4n) is 1.42. The van der Waals surface area contributed by atoms with E-state index in [9.17, 15) is 8.78 Å². The summed E-state index contributed by atoms with van der Waals surface area (Å²) in [5, 5.41) is 0. The van der Waals surface area contributed by atoms with E-state index in [1.807, 2.05) is 0 Å². The van der Waals surface area contributed by atoms with E-state index in [-0.39, 0.29) is 11.6 Å². The summed E-state index contributed by atoms with van der Waals surface area (Å²) in [6, 6.07) is 7.16. The molecule has 1 nitrogen and oxygen atoms in total. The molecule has 0 unspecified atom stereocenters. The van der Waals surface area contributed by atoms with Crippen molar-refractivity contribution in [2.75, 3.05) is 0 Å². The summed E-state index contributed by atoms with van der Waals surface area (Å²) in [7, 11) is 0. The van der Waals surface area contributed by atoms with Gasteiger partial charge in [-0.15, -0.1) is 11.6 Å². The molecule has 0 aliphatic carbocycles. The molecular weight excluding hydrogens is 232 g/mol. The summed E-state index contributed by atoms with van der Waals surface area (Å²) < 4.78 is 26.8. The van der Waals surface area contributed by atoms with Crippen molar-refractivity contribution in [1.82, 2.24) is 4.98 Å². The van der Waals surface area contributed by atoms with E-state index in [0.717, 1.165) is 0 Å². The number of aromatic nitrogens is 1. The van der Waals surface area contributed by atoms with Crippen molar-refractivity contribution in [3.05, 3.63) is 53.7 Å². The second kappa shape index (κ2) is 4.58. The zero-order valence-corrected chi connectivity index (χ0v) is 9.01. The lowest BCUT2D eigenvalue weighted by Crippen LogP contribution is -1.94. The highest BCUT2D eigenvalue weighted by atomic mass is 35.5. The Balaban J connectivity index is 2.56. The number of benzene rings is 1. The molecule has 0 amide bonds. The lowest BCUT2D eigenvalue weighted by Gasteiger charge is -2.05. The zero-order chi connectivity index (χ0) is 11.5. The first kappa shape index (κ1) is 11.0. The molecule has 0 spiro atoms. The van der Waals surface area contributed by atoms with Gasteiger partial charge in [0, 0.05) is 17.3 Å². The van der Waals surface area contributed by atoms with E-state index >= 15 is 0 Å². The first-order chi connectivity index (χ1) is 7.72. The molecule has 2 aromatic rings. The third-order valence-electron chi connectivity index (χ3n) is 2.21. The SMILES string of the molecule is Fc1cccc(-c2nccc(CCl)c2F)c1. The average molecular weight is 240 g/mol. The highest BCUT2D eigenvalue weighted by molar-refractivity contribution is 6.17. The molecule has 1 aromatic heterocycles. The lowest BCUT2D eigenvalue weighted by atomic mass is 10.1. The summed E-state index contributed by atoms with van der Waals surface area (Å²) in [5.41, 5.74) is 0.887. The minimum Gasteiger partial charge on any atom is -0.253 e.